The zero-order chi connectivity index (χ0) is 13.8. The van der Waals surface area contributed by atoms with Gasteiger partial charge in [-0.25, -0.2) is 0 Å². The molecule has 1 unspecified atom stereocenters. The summed E-state index contributed by atoms with van der Waals surface area (Å²) in [5.41, 5.74) is 6.35. The second kappa shape index (κ2) is 7.91. The summed E-state index contributed by atoms with van der Waals surface area (Å²) < 4.78 is 0. The Labute approximate surface area is 136 Å². The summed E-state index contributed by atoms with van der Waals surface area (Å²) in [7, 11) is 0. The fraction of sp³-hybridized carbons (Fsp3) is 0.462. The van der Waals surface area contributed by atoms with E-state index in [0.29, 0.717) is 11.0 Å². The van der Waals surface area contributed by atoms with E-state index in [4.69, 9.17) is 17.3 Å². The molecule has 0 spiro atoms. The topological polar surface area (TPSA) is 70.6 Å². The van der Waals surface area contributed by atoms with Crippen molar-refractivity contribution in [2.24, 2.45) is 10.7 Å². The van der Waals surface area contributed by atoms with Crippen molar-refractivity contribution in [2.75, 3.05) is 6.54 Å². The van der Waals surface area contributed by atoms with E-state index in [1.807, 2.05) is 20.8 Å². The Hall–Kier alpha value is -0.530. The van der Waals surface area contributed by atoms with Crippen LogP contribution in [0.3, 0.4) is 0 Å². The monoisotopic (exact) mass is 397 g/mol. The molecule has 6 heteroatoms. The Morgan fingerprint density at radius 1 is 1.37 bits per heavy atom. The van der Waals surface area contributed by atoms with E-state index in [-0.39, 0.29) is 36.1 Å². The van der Waals surface area contributed by atoms with Crippen molar-refractivity contribution in [2.45, 2.75) is 32.4 Å². The molecular weight excluding hydrogens is 377 g/mol. The fourth-order valence-electron chi connectivity index (χ4n) is 1.40. The van der Waals surface area contributed by atoms with Gasteiger partial charge in [0, 0.05) is 10.6 Å². The molecule has 19 heavy (non-hydrogen) atoms. The number of benzene rings is 1. The highest BCUT2D eigenvalue weighted by atomic mass is 127. The van der Waals surface area contributed by atoms with Gasteiger partial charge in [0.25, 0.3) is 0 Å². The Kier molecular flexibility index (Phi) is 7.69. The highest BCUT2D eigenvalue weighted by Gasteiger charge is 2.11. The van der Waals surface area contributed by atoms with Crippen LogP contribution in [-0.2, 0) is 0 Å². The van der Waals surface area contributed by atoms with E-state index in [1.165, 1.54) is 0 Å². The molecule has 108 valence electrons. The van der Waals surface area contributed by atoms with Crippen molar-refractivity contribution >= 4 is 41.5 Å². The highest BCUT2D eigenvalue weighted by Crippen LogP contribution is 2.16. The SMILES string of the molecule is CC(C)(C)NC(N)=NCC(O)c1ccc(Cl)cc1.I. The molecule has 0 heterocycles. The lowest BCUT2D eigenvalue weighted by atomic mass is 10.1. The van der Waals surface area contributed by atoms with Gasteiger partial charge in [-0.2, -0.15) is 0 Å². The van der Waals surface area contributed by atoms with Gasteiger partial charge in [0.15, 0.2) is 5.96 Å². The Bertz CT molecular complexity index is 415. The van der Waals surface area contributed by atoms with Crippen LogP contribution in [0.25, 0.3) is 0 Å². The normalized spacial score (nSPS) is 13.6. The van der Waals surface area contributed by atoms with Crippen LogP contribution >= 0.6 is 35.6 Å². The molecule has 0 saturated carbocycles. The number of aliphatic hydroxyl groups is 1. The molecule has 0 aromatic heterocycles. The van der Waals surface area contributed by atoms with E-state index < -0.39 is 6.10 Å². The maximum atomic E-state index is 9.93. The number of nitrogens with one attached hydrogen (secondary N) is 1. The van der Waals surface area contributed by atoms with Crippen LogP contribution in [0.15, 0.2) is 29.3 Å². The summed E-state index contributed by atoms with van der Waals surface area (Å²) in [6.07, 6.45) is -0.678. The molecule has 0 aliphatic carbocycles. The molecule has 1 aromatic carbocycles. The third kappa shape index (κ3) is 7.59. The van der Waals surface area contributed by atoms with Crippen molar-refractivity contribution < 1.29 is 5.11 Å². The molecule has 0 fully saturated rings. The Morgan fingerprint density at radius 3 is 2.37 bits per heavy atom. The Morgan fingerprint density at radius 2 is 1.89 bits per heavy atom. The van der Waals surface area contributed by atoms with Crippen LogP contribution in [0.5, 0.6) is 0 Å². The quantitative estimate of drug-likeness (QED) is 0.417. The third-order valence-electron chi connectivity index (χ3n) is 2.19. The molecular formula is C13H21ClIN3O. The first-order valence-corrected chi connectivity index (χ1v) is 6.17. The molecule has 4 nitrogen and oxygen atoms in total. The molecule has 1 aromatic rings. The van der Waals surface area contributed by atoms with Gasteiger partial charge in [0.2, 0.25) is 0 Å². The Balaban J connectivity index is 0.00000324. The predicted molar refractivity (Wildman–Crippen MR) is 91.2 cm³/mol. The van der Waals surface area contributed by atoms with Gasteiger partial charge in [-0.05, 0) is 38.5 Å². The predicted octanol–water partition coefficient (Wildman–Crippen LogP) is 2.69. The van der Waals surface area contributed by atoms with Gasteiger partial charge in [-0.3, -0.25) is 4.99 Å². The van der Waals surface area contributed by atoms with Gasteiger partial charge < -0.3 is 16.2 Å². The minimum atomic E-state index is -0.678. The average Bonchev–Trinajstić information content (AvgIpc) is 2.24. The summed E-state index contributed by atoms with van der Waals surface area (Å²) >= 11 is 5.78. The number of aliphatic hydroxyl groups excluding tert-OH is 1. The smallest absolute Gasteiger partial charge is 0.189 e. The van der Waals surface area contributed by atoms with Crippen molar-refractivity contribution in [3.8, 4) is 0 Å². The molecule has 1 rings (SSSR count). The lowest BCUT2D eigenvalue weighted by Gasteiger charge is -2.21. The van der Waals surface area contributed by atoms with E-state index in [9.17, 15) is 5.11 Å². The van der Waals surface area contributed by atoms with Gasteiger partial charge in [-0.1, -0.05) is 23.7 Å². The second-order valence-corrected chi connectivity index (χ2v) is 5.60. The van der Waals surface area contributed by atoms with Crippen LogP contribution in [0, 0.1) is 0 Å². The number of halogens is 2. The summed E-state index contributed by atoms with van der Waals surface area (Å²) in [4.78, 5) is 4.11. The lowest BCUT2D eigenvalue weighted by Crippen LogP contribution is -2.45. The number of aliphatic imine (C=N–C) groups is 1. The van der Waals surface area contributed by atoms with E-state index >= 15 is 0 Å². The van der Waals surface area contributed by atoms with Crippen molar-refractivity contribution in [3.05, 3.63) is 34.9 Å². The first kappa shape index (κ1) is 18.5. The molecule has 4 N–H and O–H groups in total. The van der Waals surface area contributed by atoms with Crippen LogP contribution in [-0.4, -0.2) is 23.1 Å². The van der Waals surface area contributed by atoms with Crippen molar-refractivity contribution in [3.63, 3.8) is 0 Å². The van der Waals surface area contributed by atoms with Crippen LogP contribution < -0.4 is 11.1 Å². The molecule has 0 amide bonds. The molecule has 0 saturated heterocycles. The second-order valence-electron chi connectivity index (χ2n) is 5.17. The maximum Gasteiger partial charge on any atom is 0.189 e. The number of nitrogens with two attached hydrogens (primary N) is 1. The van der Waals surface area contributed by atoms with Crippen molar-refractivity contribution in [1.29, 1.82) is 0 Å². The minimum Gasteiger partial charge on any atom is -0.386 e. The van der Waals surface area contributed by atoms with Crippen molar-refractivity contribution in [1.82, 2.24) is 5.32 Å². The maximum absolute atomic E-state index is 9.93. The number of guanidine groups is 1. The van der Waals surface area contributed by atoms with Gasteiger partial charge in [0.1, 0.15) is 0 Å². The first-order valence-electron chi connectivity index (χ1n) is 5.79. The molecule has 0 radical (unpaired) electrons. The highest BCUT2D eigenvalue weighted by molar-refractivity contribution is 14.0. The summed E-state index contributed by atoms with van der Waals surface area (Å²) in [5.74, 6) is 0.329. The molecule has 0 aliphatic rings. The third-order valence-corrected chi connectivity index (χ3v) is 2.44. The van der Waals surface area contributed by atoms with Crippen LogP contribution in [0.1, 0.15) is 32.4 Å². The standard InChI is InChI=1S/C13H20ClN3O.HI/c1-13(2,3)17-12(15)16-8-11(18)9-4-6-10(14)7-5-9;/h4-7,11,18H,8H2,1-3H3,(H3,15,16,17);1H. The zero-order valence-corrected chi connectivity index (χ0v) is 14.4. The van der Waals surface area contributed by atoms with Crippen LogP contribution in [0.4, 0.5) is 0 Å². The average molecular weight is 398 g/mol. The molecule has 0 bridgehead atoms. The molecule has 0 aliphatic heterocycles. The van der Waals surface area contributed by atoms with E-state index in [0.717, 1.165) is 5.56 Å². The summed E-state index contributed by atoms with van der Waals surface area (Å²) in [6, 6.07) is 7.02. The molecule has 1 atom stereocenters. The van der Waals surface area contributed by atoms with E-state index in [2.05, 4.69) is 10.3 Å². The fourth-order valence-corrected chi connectivity index (χ4v) is 1.52. The number of nitrogens with zero attached hydrogens (tertiary/aromatic N) is 1. The lowest BCUT2D eigenvalue weighted by molar-refractivity contribution is 0.187. The van der Waals surface area contributed by atoms with Gasteiger partial charge in [-0.15, -0.1) is 24.0 Å². The first-order chi connectivity index (χ1) is 8.28. The van der Waals surface area contributed by atoms with Gasteiger partial charge in [0.05, 0.1) is 12.6 Å². The number of rotatable bonds is 3. The largest absolute Gasteiger partial charge is 0.386 e. The zero-order valence-electron chi connectivity index (χ0n) is 11.4. The summed E-state index contributed by atoms with van der Waals surface area (Å²) in [6.45, 7) is 6.19. The van der Waals surface area contributed by atoms with Crippen LogP contribution in [0.2, 0.25) is 5.02 Å². The van der Waals surface area contributed by atoms with Gasteiger partial charge >= 0.3 is 0 Å². The number of hydrogen-bond acceptors (Lipinski definition) is 2. The number of hydrogen-bond donors (Lipinski definition) is 3. The van der Waals surface area contributed by atoms with E-state index in [1.54, 1.807) is 24.3 Å². The minimum absolute atomic E-state index is 0. The summed E-state index contributed by atoms with van der Waals surface area (Å²) in [5, 5.41) is 13.6.